The minimum Gasteiger partial charge on any atom is -0.379 e. The number of para-hydroxylation sites is 2. The van der Waals surface area contributed by atoms with Gasteiger partial charge < -0.3 is 19.0 Å². The van der Waals surface area contributed by atoms with E-state index in [4.69, 9.17) is 8.37 Å². The number of anilines is 2. The lowest BCUT2D eigenvalue weighted by atomic mass is 10.1. The Morgan fingerprint density at radius 1 is 0.600 bits per heavy atom. The minimum absolute atomic E-state index is 0.0358. The van der Waals surface area contributed by atoms with Gasteiger partial charge in [-0.15, -0.1) is 0 Å². The maximum Gasteiger partial charge on any atom is 0.339 e. The highest BCUT2D eigenvalue weighted by molar-refractivity contribution is 7.87. The molecule has 0 unspecified atom stereocenters. The average molecular weight is 581 g/mol. The number of carbonyl (C=O) groups excluding carboxylic acids is 1. The SMILES string of the molecule is Cc1cccc(S(=O)(=O)Oc2ccc(NC(=O)Nc3ccccc3OS(=O)(=O)c3cccc(C)c3C)cc2)c1C. The second kappa shape index (κ2) is 11.4. The molecule has 0 bridgehead atoms. The maximum atomic E-state index is 13.0. The van der Waals surface area contributed by atoms with E-state index in [9.17, 15) is 21.6 Å². The first kappa shape index (κ1) is 28.7. The van der Waals surface area contributed by atoms with Crippen LogP contribution in [0.3, 0.4) is 0 Å². The summed E-state index contributed by atoms with van der Waals surface area (Å²) in [6, 6.07) is 21.1. The van der Waals surface area contributed by atoms with Gasteiger partial charge in [0.1, 0.15) is 15.5 Å². The van der Waals surface area contributed by atoms with E-state index in [1.807, 2.05) is 13.0 Å². The largest absolute Gasteiger partial charge is 0.379 e. The number of carbonyl (C=O) groups is 1. The van der Waals surface area contributed by atoms with Crippen molar-refractivity contribution in [2.45, 2.75) is 37.5 Å². The van der Waals surface area contributed by atoms with Crippen molar-refractivity contribution >= 4 is 37.6 Å². The van der Waals surface area contributed by atoms with Gasteiger partial charge in [0.15, 0.2) is 5.75 Å². The highest BCUT2D eigenvalue weighted by Gasteiger charge is 2.22. The van der Waals surface area contributed by atoms with Crippen LogP contribution in [0, 0.1) is 27.7 Å². The molecule has 0 saturated heterocycles. The van der Waals surface area contributed by atoms with Crippen molar-refractivity contribution in [2.75, 3.05) is 10.6 Å². The van der Waals surface area contributed by atoms with E-state index in [-0.39, 0.29) is 27.0 Å². The molecule has 40 heavy (non-hydrogen) atoms. The summed E-state index contributed by atoms with van der Waals surface area (Å²) in [5.74, 6) is 0.0150. The zero-order valence-corrected chi connectivity index (χ0v) is 23.9. The third kappa shape index (κ3) is 6.44. The molecule has 0 radical (unpaired) electrons. The normalized spacial score (nSPS) is 11.5. The van der Waals surface area contributed by atoms with Crippen LogP contribution in [-0.2, 0) is 20.2 Å². The van der Waals surface area contributed by atoms with Crippen LogP contribution in [0.2, 0.25) is 0 Å². The van der Waals surface area contributed by atoms with Crippen LogP contribution in [0.1, 0.15) is 22.3 Å². The van der Waals surface area contributed by atoms with Crippen LogP contribution in [0.15, 0.2) is 94.7 Å². The first-order valence-electron chi connectivity index (χ1n) is 12.2. The molecule has 2 amide bonds. The fraction of sp³-hybridized carbons (Fsp3) is 0.138. The Morgan fingerprint density at radius 3 is 1.70 bits per heavy atom. The molecule has 208 valence electrons. The van der Waals surface area contributed by atoms with Crippen LogP contribution in [0.25, 0.3) is 0 Å². The standard InChI is InChI=1S/C29H28N2O7S2/c1-19-9-7-13-27(21(19)3)39(33,34)37-24-17-15-23(16-18-24)30-29(32)31-25-11-5-6-12-26(25)38-40(35,36)28-14-8-10-20(2)22(28)4/h5-18H,1-4H3,(H2,30,31,32). The minimum atomic E-state index is -4.16. The number of aryl methyl sites for hydroxylation is 2. The Morgan fingerprint density at radius 2 is 1.12 bits per heavy atom. The fourth-order valence-corrected chi connectivity index (χ4v) is 6.33. The van der Waals surface area contributed by atoms with Gasteiger partial charge in [0, 0.05) is 5.69 Å². The Labute approximate surface area is 234 Å². The molecule has 0 spiro atoms. The number of urea groups is 1. The van der Waals surface area contributed by atoms with Crippen molar-refractivity contribution < 1.29 is 30.0 Å². The Balaban J connectivity index is 1.44. The average Bonchev–Trinajstić information content (AvgIpc) is 2.89. The lowest BCUT2D eigenvalue weighted by molar-refractivity contribution is 0.262. The molecule has 4 rings (SSSR count). The molecule has 0 aromatic heterocycles. The van der Waals surface area contributed by atoms with E-state index in [0.29, 0.717) is 16.8 Å². The van der Waals surface area contributed by atoms with Crippen molar-refractivity contribution in [1.82, 2.24) is 0 Å². The van der Waals surface area contributed by atoms with Gasteiger partial charge in [-0.25, -0.2) is 4.79 Å². The number of nitrogens with one attached hydrogen (secondary N) is 2. The van der Waals surface area contributed by atoms with E-state index in [2.05, 4.69) is 10.6 Å². The van der Waals surface area contributed by atoms with Crippen LogP contribution >= 0.6 is 0 Å². The molecule has 4 aromatic rings. The predicted molar refractivity (Wildman–Crippen MR) is 153 cm³/mol. The van der Waals surface area contributed by atoms with Crippen LogP contribution in [0.5, 0.6) is 11.5 Å². The summed E-state index contributed by atoms with van der Waals surface area (Å²) in [7, 11) is -8.21. The Kier molecular flexibility index (Phi) is 8.17. The summed E-state index contributed by atoms with van der Waals surface area (Å²) in [4.78, 5) is 12.8. The zero-order chi connectivity index (χ0) is 29.1. The van der Waals surface area contributed by atoms with E-state index in [1.165, 1.54) is 48.5 Å². The summed E-state index contributed by atoms with van der Waals surface area (Å²) in [6.07, 6.45) is 0. The maximum absolute atomic E-state index is 13.0. The van der Waals surface area contributed by atoms with Gasteiger partial charge in [-0.1, -0.05) is 36.4 Å². The van der Waals surface area contributed by atoms with Crippen LogP contribution < -0.4 is 19.0 Å². The molecular weight excluding hydrogens is 552 g/mol. The second-order valence-corrected chi connectivity index (χ2v) is 12.1. The van der Waals surface area contributed by atoms with E-state index in [0.717, 1.165) is 11.1 Å². The lowest BCUT2D eigenvalue weighted by Gasteiger charge is -2.15. The van der Waals surface area contributed by atoms with Crippen molar-refractivity contribution in [2.24, 2.45) is 0 Å². The van der Waals surface area contributed by atoms with Crippen molar-refractivity contribution in [1.29, 1.82) is 0 Å². The molecule has 0 saturated carbocycles. The zero-order valence-electron chi connectivity index (χ0n) is 22.3. The van der Waals surface area contributed by atoms with Gasteiger partial charge >= 0.3 is 26.3 Å². The molecular formula is C29H28N2O7S2. The van der Waals surface area contributed by atoms with Gasteiger partial charge in [0.05, 0.1) is 5.69 Å². The lowest BCUT2D eigenvalue weighted by Crippen LogP contribution is -2.20. The summed E-state index contributed by atoms with van der Waals surface area (Å²) >= 11 is 0. The fourth-order valence-electron chi connectivity index (χ4n) is 3.85. The summed E-state index contributed by atoms with van der Waals surface area (Å²) in [5, 5.41) is 5.19. The summed E-state index contributed by atoms with van der Waals surface area (Å²) in [5.41, 5.74) is 3.27. The van der Waals surface area contributed by atoms with Crippen molar-refractivity contribution in [3.05, 3.63) is 107 Å². The summed E-state index contributed by atoms with van der Waals surface area (Å²) in [6.45, 7) is 7.02. The molecule has 0 heterocycles. The Bertz CT molecular complexity index is 1780. The molecule has 0 aliphatic rings. The van der Waals surface area contributed by atoms with Crippen LogP contribution in [-0.4, -0.2) is 22.9 Å². The highest BCUT2D eigenvalue weighted by atomic mass is 32.2. The van der Waals surface area contributed by atoms with Gasteiger partial charge in [-0.3, -0.25) is 0 Å². The highest BCUT2D eigenvalue weighted by Crippen LogP contribution is 2.29. The first-order chi connectivity index (χ1) is 18.9. The van der Waals surface area contributed by atoms with Crippen LogP contribution in [0.4, 0.5) is 16.2 Å². The molecule has 4 aromatic carbocycles. The molecule has 0 aliphatic heterocycles. The third-order valence-corrected chi connectivity index (χ3v) is 9.07. The topological polar surface area (TPSA) is 128 Å². The molecule has 2 N–H and O–H groups in total. The molecule has 0 aliphatic carbocycles. The number of rotatable bonds is 8. The van der Waals surface area contributed by atoms with Gasteiger partial charge in [-0.05, 0) is 98.5 Å². The molecule has 9 nitrogen and oxygen atoms in total. The smallest absolute Gasteiger partial charge is 0.339 e. The third-order valence-electron chi connectivity index (χ3n) is 6.30. The van der Waals surface area contributed by atoms with Gasteiger partial charge in [0.2, 0.25) is 0 Å². The number of hydrogen-bond donors (Lipinski definition) is 2. The van der Waals surface area contributed by atoms with E-state index >= 15 is 0 Å². The van der Waals surface area contributed by atoms with Crippen molar-refractivity contribution in [3.8, 4) is 11.5 Å². The summed E-state index contributed by atoms with van der Waals surface area (Å²) < 4.78 is 62.0. The molecule has 0 fully saturated rings. The monoisotopic (exact) mass is 580 g/mol. The second-order valence-electron chi connectivity index (χ2n) is 9.07. The molecule has 0 atom stereocenters. The number of benzene rings is 4. The quantitative estimate of drug-likeness (QED) is 0.241. The van der Waals surface area contributed by atoms with Gasteiger partial charge in [0.25, 0.3) is 0 Å². The van der Waals surface area contributed by atoms with Gasteiger partial charge in [-0.2, -0.15) is 16.8 Å². The van der Waals surface area contributed by atoms with E-state index in [1.54, 1.807) is 51.1 Å². The first-order valence-corrected chi connectivity index (χ1v) is 15.0. The molecule has 11 heteroatoms. The number of amides is 2. The Hall–Kier alpha value is -4.35. The van der Waals surface area contributed by atoms with Crippen molar-refractivity contribution in [3.63, 3.8) is 0 Å². The predicted octanol–water partition coefficient (Wildman–Crippen LogP) is 6.10. The number of hydrogen-bond acceptors (Lipinski definition) is 7. The van der Waals surface area contributed by atoms with E-state index < -0.39 is 26.3 Å².